The van der Waals surface area contributed by atoms with Gasteiger partial charge in [0.1, 0.15) is 29.7 Å². The zero-order chi connectivity index (χ0) is 18.0. The van der Waals surface area contributed by atoms with Crippen molar-refractivity contribution in [1.82, 2.24) is 9.97 Å². The third kappa shape index (κ3) is 4.77. The third-order valence-electron chi connectivity index (χ3n) is 4.26. The van der Waals surface area contributed by atoms with E-state index < -0.39 is 8.32 Å². The fraction of sp³-hybridized carbons (Fsp3) is 0.444. The highest BCUT2D eigenvalue weighted by Gasteiger charge is 2.39. The standard InChI is InChI=1S/C18H25FN2O2Si/c1-13-20-10-14(11-21-13)12-22-16-7-15(19)8-17(9-16)23-24(5,6)18(2,3)4/h7-11H,12H2,1-6H3. The van der Waals surface area contributed by atoms with Crippen LogP contribution in [0.2, 0.25) is 18.1 Å². The largest absolute Gasteiger partial charge is 0.543 e. The quantitative estimate of drug-likeness (QED) is 0.722. The van der Waals surface area contributed by atoms with Crippen LogP contribution in [-0.4, -0.2) is 18.3 Å². The molecule has 4 nitrogen and oxygen atoms in total. The molecule has 0 fully saturated rings. The predicted molar refractivity (Wildman–Crippen MR) is 95.3 cm³/mol. The van der Waals surface area contributed by atoms with Gasteiger partial charge in [0.15, 0.2) is 0 Å². The molecule has 0 aliphatic rings. The summed E-state index contributed by atoms with van der Waals surface area (Å²) in [7, 11) is -2.03. The first kappa shape index (κ1) is 18.4. The Hall–Kier alpha value is -1.95. The molecular formula is C18H25FN2O2Si. The molecule has 1 aromatic carbocycles. The summed E-state index contributed by atoms with van der Waals surface area (Å²) in [6.07, 6.45) is 3.41. The summed E-state index contributed by atoms with van der Waals surface area (Å²) in [5, 5.41) is 0.0412. The van der Waals surface area contributed by atoms with Crippen molar-refractivity contribution < 1.29 is 13.6 Å². The van der Waals surface area contributed by atoms with E-state index >= 15 is 0 Å². The average molecular weight is 348 g/mol. The molecule has 0 radical (unpaired) electrons. The lowest BCUT2D eigenvalue weighted by atomic mass is 10.2. The smallest absolute Gasteiger partial charge is 0.250 e. The first-order valence-electron chi connectivity index (χ1n) is 7.97. The lowest BCUT2D eigenvalue weighted by Crippen LogP contribution is -2.43. The van der Waals surface area contributed by atoms with Gasteiger partial charge in [0, 0.05) is 36.2 Å². The number of aromatic nitrogens is 2. The number of benzene rings is 1. The average Bonchev–Trinajstić information content (AvgIpc) is 2.44. The van der Waals surface area contributed by atoms with Crippen molar-refractivity contribution >= 4 is 8.32 Å². The zero-order valence-electron chi connectivity index (χ0n) is 15.2. The Morgan fingerprint density at radius 3 is 2.21 bits per heavy atom. The lowest BCUT2D eigenvalue weighted by molar-refractivity contribution is 0.302. The van der Waals surface area contributed by atoms with Gasteiger partial charge in [0.2, 0.25) is 8.32 Å². The highest BCUT2D eigenvalue weighted by atomic mass is 28.4. The number of rotatable bonds is 5. The van der Waals surface area contributed by atoms with Gasteiger partial charge in [-0.15, -0.1) is 0 Å². The van der Waals surface area contributed by atoms with Crippen LogP contribution in [0, 0.1) is 12.7 Å². The molecule has 0 spiro atoms. The molecule has 0 unspecified atom stereocenters. The number of hydrogen-bond acceptors (Lipinski definition) is 4. The Kier molecular flexibility index (Phi) is 5.28. The number of nitrogens with zero attached hydrogens (tertiary/aromatic N) is 2. The molecule has 0 bridgehead atoms. The predicted octanol–water partition coefficient (Wildman–Crippen LogP) is 4.89. The summed E-state index contributed by atoms with van der Waals surface area (Å²) in [5.74, 6) is 1.27. The first-order chi connectivity index (χ1) is 11.1. The Bertz CT molecular complexity index is 697. The van der Waals surface area contributed by atoms with Gasteiger partial charge in [-0.3, -0.25) is 0 Å². The van der Waals surface area contributed by atoms with Gasteiger partial charge in [-0.25, -0.2) is 14.4 Å². The minimum atomic E-state index is -2.03. The van der Waals surface area contributed by atoms with E-state index in [0.29, 0.717) is 17.3 Å². The van der Waals surface area contributed by atoms with E-state index in [1.807, 2.05) is 6.92 Å². The van der Waals surface area contributed by atoms with Crippen LogP contribution < -0.4 is 9.16 Å². The van der Waals surface area contributed by atoms with E-state index in [1.165, 1.54) is 12.1 Å². The van der Waals surface area contributed by atoms with E-state index in [0.717, 1.165) is 5.56 Å². The van der Waals surface area contributed by atoms with E-state index in [4.69, 9.17) is 9.16 Å². The highest BCUT2D eigenvalue weighted by Crippen LogP contribution is 2.38. The van der Waals surface area contributed by atoms with Gasteiger partial charge in [-0.2, -0.15) is 0 Å². The van der Waals surface area contributed by atoms with E-state index in [1.54, 1.807) is 18.5 Å². The topological polar surface area (TPSA) is 44.2 Å². The van der Waals surface area contributed by atoms with Crippen LogP contribution in [0.25, 0.3) is 0 Å². The third-order valence-corrected chi connectivity index (χ3v) is 8.62. The highest BCUT2D eigenvalue weighted by molar-refractivity contribution is 6.74. The molecule has 2 rings (SSSR count). The summed E-state index contributed by atoms with van der Waals surface area (Å²) in [4.78, 5) is 8.24. The van der Waals surface area contributed by atoms with Crippen molar-refractivity contribution in [3.8, 4) is 11.5 Å². The van der Waals surface area contributed by atoms with E-state index in [-0.39, 0.29) is 17.5 Å². The van der Waals surface area contributed by atoms with Gasteiger partial charge in [-0.1, -0.05) is 20.8 Å². The molecule has 0 N–H and O–H groups in total. The summed E-state index contributed by atoms with van der Waals surface area (Å²) in [5.41, 5.74) is 0.830. The van der Waals surface area contributed by atoms with Crippen LogP contribution in [0.3, 0.4) is 0 Å². The minimum absolute atomic E-state index is 0.0412. The molecular weight excluding hydrogens is 323 g/mol. The molecule has 1 aromatic heterocycles. The molecule has 130 valence electrons. The van der Waals surface area contributed by atoms with Gasteiger partial charge in [-0.05, 0) is 25.1 Å². The SMILES string of the molecule is Cc1ncc(COc2cc(F)cc(O[Si](C)(C)C(C)(C)C)c2)cn1. The van der Waals surface area contributed by atoms with Gasteiger partial charge in [0.05, 0.1) is 0 Å². The molecule has 0 atom stereocenters. The Balaban J connectivity index is 2.12. The van der Waals surface area contributed by atoms with E-state index in [9.17, 15) is 4.39 Å². The normalized spacial score (nSPS) is 12.1. The number of halogens is 1. The van der Waals surface area contributed by atoms with E-state index in [2.05, 4.69) is 43.8 Å². The Morgan fingerprint density at radius 1 is 1.04 bits per heavy atom. The summed E-state index contributed by atoms with van der Waals surface area (Å²) in [6.45, 7) is 12.8. The van der Waals surface area contributed by atoms with Crippen molar-refractivity contribution in [2.45, 2.75) is 52.4 Å². The molecule has 6 heteroatoms. The maximum Gasteiger partial charge on any atom is 0.250 e. The lowest BCUT2D eigenvalue weighted by Gasteiger charge is -2.36. The second kappa shape index (κ2) is 6.89. The summed E-state index contributed by atoms with van der Waals surface area (Å²) < 4.78 is 25.7. The molecule has 0 aliphatic heterocycles. The fourth-order valence-corrected chi connectivity index (χ4v) is 2.80. The summed E-state index contributed by atoms with van der Waals surface area (Å²) >= 11 is 0. The second-order valence-electron chi connectivity index (χ2n) is 7.41. The molecule has 24 heavy (non-hydrogen) atoms. The van der Waals surface area contributed by atoms with Crippen molar-refractivity contribution in [2.24, 2.45) is 0 Å². The van der Waals surface area contributed by atoms with Crippen LogP contribution in [0.15, 0.2) is 30.6 Å². The summed E-state index contributed by atoms with van der Waals surface area (Å²) in [6, 6.07) is 4.49. The van der Waals surface area contributed by atoms with Crippen molar-refractivity contribution in [2.75, 3.05) is 0 Å². The maximum atomic E-state index is 13.9. The Labute approximate surface area is 144 Å². The molecule has 2 aromatic rings. The molecule has 0 aliphatic carbocycles. The number of aryl methyl sites for hydroxylation is 1. The van der Waals surface area contributed by atoms with Crippen LogP contribution in [0.5, 0.6) is 11.5 Å². The number of hydrogen-bond donors (Lipinski definition) is 0. The van der Waals surface area contributed by atoms with Gasteiger partial charge in [0.25, 0.3) is 0 Å². The monoisotopic (exact) mass is 348 g/mol. The molecule has 1 heterocycles. The molecule has 0 saturated carbocycles. The van der Waals surface area contributed by atoms with Gasteiger partial charge < -0.3 is 9.16 Å². The zero-order valence-corrected chi connectivity index (χ0v) is 16.2. The van der Waals surface area contributed by atoms with Crippen LogP contribution >= 0.6 is 0 Å². The van der Waals surface area contributed by atoms with Crippen LogP contribution in [-0.2, 0) is 6.61 Å². The van der Waals surface area contributed by atoms with Gasteiger partial charge >= 0.3 is 0 Å². The first-order valence-corrected chi connectivity index (χ1v) is 10.9. The molecule has 0 saturated heterocycles. The van der Waals surface area contributed by atoms with Crippen molar-refractivity contribution in [3.05, 3.63) is 47.8 Å². The molecule has 0 amide bonds. The van der Waals surface area contributed by atoms with Crippen molar-refractivity contribution in [3.63, 3.8) is 0 Å². The van der Waals surface area contributed by atoms with Crippen LogP contribution in [0.1, 0.15) is 32.2 Å². The maximum absolute atomic E-state index is 13.9. The number of ether oxygens (including phenoxy) is 1. The minimum Gasteiger partial charge on any atom is -0.543 e. The fourth-order valence-electron chi connectivity index (χ4n) is 1.79. The van der Waals surface area contributed by atoms with Crippen LogP contribution in [0.4, 0.5) is 4.39 Å². The Morgan fingerprint density at radius 2 is 1.62 bits per heavy atom. The van der Waals surface area contributed by atoms with Crippen molar-refractivity contribution in [1.29, 1.82) is 0 Å². The second-order valence-corrected chi connectivity index (χ2v) is 12.1.